The standard InChI is InChI=1S/C27H27ClFN7/c1-2-27(9-10-27)33-24-17(13-30)14-31-26-21(24)11-19(12-22(26)28)32-25(16-3-5-18(29)6-4-16)23-15-36(35-34-23)20-7-8-20/h3-6,11-12,14-15,20,25,32,34-35H,2,7-10H2,1H3,(H,31,33)/t25-/m1/s1/i25D. The van der Waals surface area contributed by atoms with Gasteiger partial charge in [-0.15, -0.1) is 5.53 Å². The first-order chi connectivity index (χ1) is 17.8. The van der Waals surface area contributed by atoms with E-state index in [0.717, 1.165) is 32.1 Å². The third-order valence-electron chi connectivity index (χ3n) is 7.17. The predicted octanol–water partition coefficient (Wildman–Crippen LogP) is 5.74. The second kappa shape index (κ2) is 8.84. The lowest BCUT2D eigenvalue weighted by Crippen LogP contribution is -2.38. The van der Waals surface area contributed by atoms with Crippen molar-refractivity contribution in [3.63, 3.8) is 0 Å². The minimum Gasteiger partial charge on any atom is -0.378 e. The lowest BCUT2D eigenvalue weighted by atomic mass is 10.0. The highest BCUT2D eigenvalue weighted by Gasteiger charge is 2.41. The maximum absolute atomic E-state index is 13.8. The molecule has 2 heterocycles. The van der Waals surface area contributed by atoms with Crippen molar-refractivity contribution < 1.29 is 5.76 Å². The Kier molecular flexibility index (Phi) is 5.33. The number of hydrazine groups is 2. The summed E-state index contributed by atoms with van der Waals surface area (Å²) in [4.78, 5) is 4.46. The Morgan fingerprint density at radius 1 is 1.33 bits per heavy atom. The molecule has 3 aliphatic rings. The summed E-state index contributed by atoms with van der Waals surface area (Å²) >= 11 is 6.70. The van der Waals surface area contributed by atoms with Crippen LogP contribution < -0.4 is 21.6 Å². The van der Waals surface area contributed by atoms with Crippen molar-refractivity contribution in [1.82, 2.24) is 21.0 Å². The molecule has 36 heavy (non-hydrogen) atoms. The van der Waals surface area contributed by atoms with E-state index in [1.165, 1.54) is 12.1 Å². The summed E-state index contributed by atoms with van der Waals surface area (Å²) < 4.78 is 23.3. The molecular weight excluding hydrogens is 477 g/mol. The van der Waals surface area contributed by atoms with E-state index >= 15 is 0 Å². The molecule has 2 aliphatic carbocycles. The van der Waals surface area contributed by atoms with Crippen LogP contribution >= 0.6 is 11.6 Å². The smallest absolute Gasteiger partial charge is 0.123 e. The van der Waals surface area contributed by atoms with Crippen molar-refractivity contribution in [2.24, 2.45) is 0 Å². The van der Waals surface area contributed by atoms with Gasteiger partial charge in [0.05, 0.1) is 34.9 Å². The summed E-state index contributed by atoms with van der Waals surface area (Å²) in [6.45, 7) is 2.13. The predicted molar refractivity (Wildman–Crippen MR) is 139 cm³/mol. The minimum atomic E-state index is -1.49. The van der Waals surface area contributed by atoms with E-state index < -0.39 is 6.02 Å². The number of pyridine rings is 1. The van der Waals surface area contributed by atoms with Gasteiger partial charge in [-0.25, -0.2) is 4.39 Å². The second-order valence-corrected chi connectivity index (χ2v) is 10.1. The second-order valence-electron chi connectivity index (χ2n) is 9.70. The average molecular weight is 505 g/mol. The van der Waals surface area contributed by atoms with Crippen LogP contribution in [-0.4, -0.2) is 21.6 Å². The molecule has 2 saturated carbocycles. The third kappa shape index (κ3) is 4.29. The topological polar surface area (TPSA) is 88.0 Å². The van der Waals surface area contributed by atoms with Crippen LogP contribution in [0.3, 0.4) is 0 Å². The van der Waals surface area contributed by atoms with E-state index in [4.69, 9.17) is 11.6 Å². The molecule has 184 valence electrons. The molecule has 7 nitrogen and oxygen atoms in total. The Bertz CT molecular complexity index is 1450. The summed E-state index contributed by atoms with van der Waals surface area (Å²) in [6, 6.07) is 10.6. The molecule has 9 heteroatoms. The number of aromatic nitrogens is 1. The molecule has 6 rings (SSSR count). The first-order valence-corrected chi connectivity index (χ1v) is 12.6. The highest BCUT2D eigenvalue weighted by atomic mass is 35.5. The minimum absolute atomic E-state index is 0.0282. The van der Waals surface area contributed by atoms with Gasteiger partial charge < -0.3 is 16.1 Å². The van der Waals surface area contributed by atoms with E-state index in [0.29, 0.717) is 50.2 Å². The Morgan fingerprint density at radius 3 is 2.78 bits per heavy atom. The molecule has 3 aromatic rings. The van der Waals surface area contributed by atoms with Crippen molar-refractivity contribution in [3.8, 4) is 6.07 Å². The van der Waals surface area contributed by atoms with E-state index in [1.54, 1.807) is 24.4 Å². The summed E-state index contributed by atoms with van der Waals surface area (Å²) in [7, 11) is 0. The molecule has 1 aliphatic heterocycles. The van der Waals surface area contributed by atoms with Gasteiger partial charge in [0.15, 0.2) is 0 Å². The van der Waals surface area contributed by atoms with E-state index in [1.807, 2.05) is 17.3 Å². The summed E-state index contributed by atoms with van der Waals surface area (Å²) in [5.41, 5.74) is 9.63. The summed E-state index contributed by atoms with van der Waals surface area (Å²) in [6.07, 6.45) is 8.60. The average Bonchev–Trinajstić information content (AvgIpc) is 3.83. The molecule has 0 radical (unpaired) electrons. The number of nitriles is 1. The Balaban J connectivity index is 1.45. The molecule has 0 unspecified atom stereocenters. The molecule has 2 aromatic carbocycles. The Morgan fingerprint density at radius 2 is 2.11 bits per heavy atom. The van der Waals surface area contributed by atoms with Crippen LogP contribution in [-0.2, 0) is 0 Å². The molecule has 0 bridgehead atoms. The van der Waals surface area contributed by atoms with Gasteiger partial charge in [-0.3, -0.25) is 9.99 Å². The van der Waals surface area contributed by atoms with Gasteiger partial charge in [0.25, 0.3) is 0 Å². The van der Waals surface area contributed by atoms with Crippen LogP contribution in [0.5, 0.6) is 0 Å². The van der Waals surface area contributed by atoms with Crippen molar-refractivity contribution in [2.75, 3.05) is 10.6 Å². The van der Waals surface area contributed by atoms with E-state index in [-0.39, 0.29) is 11.4 Å². The quantitative estimate of drug-likeness (QED) is 0.311. The SMILES string of the molecule is [2H][C@](Nc1cc(Cl)c2ncc(C#N)c(NC3(CC)CC3)c2c1)(C1=CN(C2CC2)NN1)c1ccc(F)cc1. The number of rotatable bonds is 8. The third-order valence-corrected chi connectivity index (χ3v) is 7.45. The van der Waals surface area contributed by atoms with Gasteiger partial charge in [-0.2, -0.15) is 5.26 Å². The van der Waals surface area contributed by atoms with Crippen molar-refractivity contribution >= 4 is 33.9 Å². The number of nitrogens with one attached hydrogen (secondary N) is 4. The number of hydrogen-bond donors (Lipinski definition) is 4. The zero-order valence-corrected chi connectivity index (χ0v) is 20.6. The van der Waals surface area contributed by atoms with Crippen LogP contribution in [0.2, 0.25) is 5.02 Å². The van der Waals surface area contributed by atoms with Crippen LogP contribution in [0.4, 0.5) is 15.8 Å². The first-order valence-electron chi connectivity index (χ1n) is 12.7. The van der Waals surface area contributed by atoms with Gasteiger partial charge in [0.2, 0.25) is 0 Å². The Labute approximate surface area is 215 Å². The summed E-state index contributed by atoms with van der Waals surface area (Å²) in [5.74, 6) is -0.373. The lowest BCUT2D eigenvalue weighted by molar-refractivity contribution is 0.260. The lowest BCUT2D eigenvalue weighted by Gasteiger charge is -2.23. The maximum atomic E-state index is 13.8. The molecule has 1 atom stereocenters. The molecule has 4 N–H and O–H groups in total. The van der Waals surface area contributed by atoms with E-state index in [2.05, 4.69) is 39.6 Å². The number of benzene rings is 2. The number of hydrogen-bond acceptors (Lipinski definition) is 7. The fourth-order valence-electron chi connectivity index (χ4n) is 4.59. The van der Waals surface area contributed by atoms with Crippen molar-refractivity contribution in [2.45, 2.75) is 56.6 Å². The highest BCUT2D eigenvalue weighted by Crippen LogP contribution is 2.45. The largest absolute Gasteiger partial charge is 0.378 e. The van der Waals surface area contributed by atoms with Crippen LogP contribution in [0.1, 0.15) is 57.5 Å². The number of fused-ring (bicyclic) bond motifs is 1. The molecule has 0 saturated heterocycles. The Hall–Kier alpha value is -3.54. The normalized spacial score (nSPS) is 20.1. The number of anilines is 2. The van der Waals surface area contributed by atoms with Gasteiger partial charge in [0.1, 0.15) is 11.9 Å². The van der Waals surface area contributed by atoms with Gasteiger partial charge in [-0.1, -0.05) is 30.7 Å². The van der Waals surface area contributed by atoms with E-state index in [9.17, 15) is 11.0 Å². The fraction of sp³-hybridized carbons (Fsp3) is 0.333. The number of nitrogens with zero attached hydrogens (tertiary/aromatic N) is 3. The zero-order valence-electron chi connectivity index (χ0n) is 20.8. The van der Waals surface area contributed by atoms with Crippen LogP contribution in [0, 0.1) is 17.1 Å². The highest BCUT2D eigenvalue weighted by molar-refractivity contribution is 6.35. The maximum Gasteiger partial charge on any atom is 0.123 e. The van der Waals surface area contributed by atoms with Crippen molar-refractivity contribution in [1.29, 1.82) is 5.26 Å². The fourth-order valence-corrected chi connectivity index (χ4v) is 4.86. The van der Waals surface area contributed by atoms with Crippen molar-refractivity contribution in [3.05, 3.63) is 76.5 Å². The van der Waals surface area contributed by atoms with Gasteiger partial charge >= 0.3 is 0 Å². The summed E-state index contributed by atoms with van der Waals surface area (Å²) in [5, 5.41) is 19.8. The van der Waals surface area contributed by atoms with Gasteiger partial charge in [-0.05, 0) is 61.9 Å². The molecule has 2 fully saturated rings. The van der Waals surface area contributed by atoms with Gasteiger partial charge in [0, 0.05) is 35.1 Å². The molecule has 0 amide bonds. The van der Waals surface area contributed by atoms with Crippen LogP contribution in [0.15, 0.2) is 54.5 Å². The number of halogens is 2. The monoisotopic (exact) mass is 504 g/mol. The molecule has 0 spiro atoms. The molecule has 1 aromatic heterocycles. The zero-order chi connectivity index (χ0) is 25.8. The first kappa shape index (κ1) is 21.7. The van der Waals surface area contributed by atoms with Crippen LogP contribution in [0.25, 0.3) is 10.9 Å². The molecular formula is C27H27ClFN7.